The Kier molecular flexibility index (Phi) is 3.79. The molecule has 98 valence electrons. The third-order valence-electron chi connectivity index (χ3n) is 3.67. The molecule has 0 bridgehead atoms. The van der Waals surface area contributed by atoms with Crippen LogP contribution in [0.1, 0.15) is 18.0 Å². The molecule has 19 heavy (non-hydrogen) atoms. The highest BCUT2D eigenvalue weighted by atomic mass is 32.1. The van der Waals surface area contributed by atoms with Crippen LogP contribution in [-0.4, -0.2) is 31.1 Å². The predicted octanol–water partition coefficient (Wildman–Crippen LogP) is 2.76. The molecule has 0 amide bonds. The van der Waals surface area contributed by atoms with Gasteiger partial charge in [0, 0.05) is 29.9 Å². The van der Waals surface area contributed by atoms with Crippen molar-refractivity contribution in [2.75, 3.05) is 26.2 Å². The number of rotatable bonds is 2. The molecule has 4 heteroatoms. The highest BCUT2D eigenvalue weighted by Gasteiger charge is 2.23. The molecule has 1 N–H and O–H groups in total. The minimum absolute atomic E-state index is 0.115. The van der Waals surface area contributed by atoms with Gasteiger partial charge in [-0.3, -0.25) is 4.90 Å². The normalized spacial score (nSPS) is 18.9. The number of nitrogens with zero attached hydrogens (tertiary/aromatic N) is 2. The first-order chi connectivity index (χ1) is 9.40. The minimum atomic E-state index is -0.115. The van der Waals surface area contributed by atoms with Gasteiger partial charge < -0.3 is 5.32 Å². The smallest absolute Gasteiger partial charge is 0.125 e. The Hall–Kier alpha value is -1.41. The number of fused-ring (bicyclic) bond motifs is 1. The summed E-state index contributed by atoms with van der Waals surface area (Å²) in [5.41, 5.74) is 1.17. The number of nitrogens with one attached hydrogen (secondary N) is 1. The molecule has 3 rings (SSSR count). The fraction of sp³-hybridized carbons (Fsp3) is 0.400. The van der Waals surface area contributed by atoms with Crippen LogP contribution in [0.2, 0.25) is 0 Å². The van der Waals surface area contributed by atoms with Crippen molar-refractivity contribution in [2.24, 2.45) is 0 Å². The van der Waals surface area contributed by atoms with Crippen molar-refractivity contribution < 1.29 is 0 Å². The lowest BCUT2D eigenvalue weighted by molar-refractivity contribution is 0.254. The van der Waals surface area contributed by atoms with Gasteiger partial charge in [-0.25, -0.2) is 0 Å². The van der Waals surface area contributed by atoms with E-state index in [-0.39, 0.29) is 6.04 Å². The van der Waals surface area contributed by atoms with E-state index in [0.717, 1.165) is 32.6 Å². The maximum Gasteiger partial charge on any atom is 0.125 e. The first-order valence-corrected chi connectivity index (χ1v) is 7.58. The lowest BCUT2D eigenvalue weighted by atomic mass is 10.1. The van der Waals surface area contributed by atoms with Gasteiger partial charge in [-0.2, -0.15) is 5.26 Å². The summed E-state index contributed by atoms with van der Waals surface area (Å²) in [5, 5.41) is 16.4. The van der Waals surface area contributed by atoms with Gasteiger partial charge in [0.25, 0.3) is 0 Å². The second kappa shape index (κ2) is 5.70. The molecule has 0 spiro atoms. The maximum absolute atomic E-state index is 9.59. The van der Waals surface area contributed by atoms with Gasteiger partial charge in [0.15, 0.2) is 0 Å². The SMILES string of the molecule is N#CC(c1csc2ccccc12)N1CCCNCC1. The van der Waals surface area contributed by atoms with Gasteiger partial charge >= 0.3 is 0 Å². The lowest BCUT2D eigenvalue weighted by Gasteiger charge is -2.24. The average Bonchev–Trinajstić information content (AvgIpc) is 2.69. The molecule has 1 atom stereocenters. The fourth-order valence-electron chi connectivity index (χ4n) is 2.68. The van der Waals surface area contributed by atoms with E-state index in [1.807, 2.05) is 0 Å². The highest BCUT2D eigenvalue weighted by molar-refractivity contribution is 7.17. The Morgan fingerprint density at radius 1 is 1.26 bits per heavy atom. The van der Waals surface area contributed by atoms with Crippen LogP contribution in [-0.2, 0) is 0 Å². The minimum Gasteiger partial charge on any atom is -0.315 e. The Balaban J connectivity index is 1.95. The van der Waals surface area contributed by atoms with E-state index in [1.54, 1.807) is 11.3 Å². The van der Waals surface area contributed by atoms with Crippen LogP contribution in [0, 0.1) is 11.3 Å². The first kappa shape index (κ1) is 12.6. The Labute approximate surface area is 117 Å². The van der Waals surface area contributed by atoms with Crippen LogP contribution in [0.5, 0.6) is 0 Å². The Morgan fingerprint density at radius 2 is 2.16 bits per heavy atom. The molecule has 1 fully saturated rings. The standard InChI is InChI=1S/C15H17N3S/c16-10-14(18-8-3-6-17-7-9-18)13-11-19-15-5-2-1-4-12(13)15/h1-2,4-5,11,14,17H,3,6-9H2. The van der Waals surface area contributed by atoms with Crippen molar-refractivity contribution in [1.29, 1.82) is 5.26 Å². The van der Waals surface area contributed by atoms with E-state index in [9.17, 15) is 5.26 Å². The molecule has 1 aliphatic rings. The van der Waals surface area contributed by atoms with Crippen molar-refractivity contribution in [3.63, 3.8) is 0 Å². The molecule has 1 aromatic heterocycles. The molecule has 0 saturated carbocycles. The van der Waals surface area contributed by atoms with Crippen molar-refractivity contribution in [2.45, 2.75) is 12.5 Å². The summed E-state index contributed by atoms with van der Waals surface area (Å²) in [6, 6.07) is 10.7. The molecule has 0 aliphatic carbocycles. The van der Waals surface area contributed by atoms with Crippen molar-refractivity contribution in [3.8, 4) is 6.07 Å². The summed E-state index contributed by atoms with van der Waals surface area (Å²) in [7, 11) is 0. The van der Waals surface area contributed by atoms with Crippen LogP contribution in [0.15, 0.2) is 29.6 Å². The van der Waals surface area contributed by atoms with E-state index in [1.165, 1.54) is 15.6 Å². The molecule has 1 unspecified atom stereocenters. The number of hydrogen-bond donors (Lipinski definition) is 1. The summed E-state index contributed by atoms with van der Waals surface area (Å²) < 4.78 is 1.27. The second-order valence-corrected chi connectivity index (χ2v) is 5.77. The molecule has 3 nitrogen and oxygen atoms in total. The maximum atomic E-state index is 9.59. The molecular weight excluding hydrogens is 254 g/mol. The molecule has 1 saturated heterocycles. The van der Waals surface area contributed by atoms with Gasteiger partial charge in [0.05, 0.1) is 6.07 Å². The molecular formula is C15H17N3S. The first-order valence-electron chi connectivity index (χ1n) is 6.70. The molecule has 0 radical (unpaired) electrons. The summed E-state index contributed by atoms with van der Waals surface area (Å²) in [5.74, 6) is 0. The van der Waals surface area contributed by atoms with E-state index >= 15 is 0 Å². The number of nitriles is 1. The van der Waals surface area contributed by atoms with Crippen molar-refractivity contribution in [3.05, 3.63) is 35.2 Å². The van der Waals surface area contributed by atoms with Crippen LogP contribution >= 0.6 is 11.3 Å². The zero-order valence-corrected chi connectivity index (χ0v) is 11.6. The van der Waals surface area contributed by atoms with Crippen molar-refractivity contribution >= 4 is 21.4 Å². The Morgan fingerprint density at radius 3 is 3.05 bits per heavy atom. The third-order valence-corrected chi connectivity index (χ3v) is 4.65. The summed E-state index contributed by atoms with van der Waals surface area (Å²) >= 11 is 1.73. The largest absolute Gasteiger partial charge is 0.315 e. The monoisotopic (exact) mass is 271 g/mol. The number of benzene rings is 1. The predicted molar refractivity (Wildman–Crippen MR) is 79.2 cm³/mol. The van der Waals surface area contributed by atoms with Crippen LogP contribution in [0.4, 0.5) is 0 Å². The van der Waals surface area contributed by atoms with Crippen LogP contribution < -0.4 is 5.32 Å². The fourth-order valence-corrected chi connectivity index (χ4v) is 3.66. The van der Waals surface area contributed by atoms with Gasteiger partial charge in [-0.15, -0.1) is 11.3 Å². The van der Waals surface area contributed by atoms with E-state index < -0.39 is 0 Å². The topological polar surface area (TPSA) is 39.1 Å². The highest BCUT2D eigenvalue weighted by Crippen LogP contribution is 2.32. The van der Waals surface area contributed by atoms with Gasteiger partial charge in [0.1, 0.15) is 6.04 Å². The second-order valence-electron chi connectivity index (χ2n) is 4.86. The number of hydrogen-bond acceptors (Lipinski definition) is 4. The molecule has 1 aliphatic heterocycles. The molecule has 2 heterocycles. The van der Waals surface area contributed by atoms with Gasteiger partial charge in [-0.1, -0.05) is 18.2 Å². The van der Waals surface area contributed by atoms with Crippen LogP contribution in [0.25, 0.3) is 10.1 Å². The molecule has 2 aromatic rings. The van der Waals surface area contributed by atoms with Gasteiger partial charge in [-0.05, 0) is 29.8 Å². The van der Waals surface area contributed by atoms with Gasteiger partial charge in [0.2, 0.25) is 0 Å². The van der Waals surface area contributed by atoms with Crippen molar-refractivity contribution in [1.82, 2.24) is 10.2 Å². The number of thiophene rings is 1. The molecule has 1 aromatic carbocycles. The van der Waals surface area contributed by atoms with E-state index in [0.29, 0.717) is 0 Å². The summed E-state index contributed by atoms with van der Waals surface area (Å²) in [4.78, 5) is 2.30. The van der Waals surface area contributed by atoms with E-state index in [2.05, 4.69) is 45.9 Å². The quantitative estimate of drug-likeness (QED) is 0.913. The third kappa shape index (κ3) is 2.50. The summed E-state index contributed by atoms with van der Waals surface area (Å²) in [6.07, 6.45) is 1.11. The summed E-state index contributed by atoms with van der Waals surface area (Å²) in [6.45, 7) is 3.97. The van der Waals surface area contributed by atoms with Crippen LogP contribution in [0.3, 0.4) is 0 Å². The van der Waals surface area contributed by atoms with E-state index in [4.69, 9.17) is 0 Å². The average molecular weight is 271 g/mol. The lowest BCUT2D eigenvalue weighted by Crippen LogP contribution is -2.31. The zero-order chi connectivity index (χ0) is 13.1. The Bertz CT molecular complexity index is 591. The zero-order valence-electron chi connectivity index (χ0n) is 10.8.